The van der Waals surface area contributed by atoms with E-state index in [1.165, 1.54) is 24.3 Å². The van der Waals surface area contributed by atoms with Crippen LogP contribution in [0.15, 0.2) is 24.3 Å². The second-order valence-corrected chi connectivity index (χ2v) is 4.18. The lowest BCUT2D eigenvalue weighted by Crippen LogP contribution is -2.34. The lowest BCUT2D eigenvalue weighted by Gasteiger charge is -2.10. The van der Waals surface area contributed by atoms with Crippen molar-refractivity contribution in [2.24, 2.45) is 11.7 Å². The second kappa shape index (κ2) is 7.32. The normalized spacial score (nSPS) is 11.7. The Balaban J connectivity index is 2.35. The zero-order valence-corrected chi connectivity index (χ0v) is 10.7. The molecule has 3 N–H and O–H groups in total. The third-order valence-corrected chi connectivity index (χ3v) is 2.47. The average molecular weight is 267 g/mol. The van der Waals surface area contributed by atoms with Gasteiger partial charge in [0.25, 0.3) is 11.6 Å². The van der Waals surface area contributed by atoms with Crippen LogP contribution in [0.5, 0.6) is 5.75 Å². The Kier molecular flexibility index (Phi) is 5.74. The molecule has 0 fully saturated rings. The van der Waals surface area contributed by atoms with Gasteiger partial charge >= 0.3 is 0 Å². The number of carbonyl (C=O) groups is 1. The lowest BCUT2D eigenvalue weighted by molar-refractivity contribution is -0.384. The maximum Gasteiger partial charge on any atom is 0.269 e. The molecule has 0 spiro atoms. The predicted octanol–water partition coefficient (Wildman–Crippen LogP) is 0.685. The molecule has 0 aliphatic carbocycles. The number of nitro groups is 1. The number of hydrogen-bond donors (Lipinski definition) is 2. The number of nitro benzene ring substituents is 1. The van der Waals surface area contributed by atoms with E-state index in [0.29, 0.717) is 18.8 Å². The van der Waals surface area contributed by atoms with Crippen molar-refractivity contribution in [1.82, 2.24) is 5.32 Å². The van der Waals surface area contributed by atoms with Gasteiger partial charge in [-0.25, -0.2) is 0 Å². The zero-order valence-electron chi connectivity index (χ0n) is 10.7. The van der Waals surface area contributed by atoms with Crippen molar-refractivity contribution < 1.29 is 14.5 Å². The van der Waals surface area contributed by atoms with Crippen LogP contribution in [0.3, 0.4) is 0 Å². The molecule has 0 radical (unpaired) electrons. The summed E-state index contributed by atoms with van der Waals surface area (Å²) in [6, 6.07) is 5.55. The lowest BCUT2D eigenvalue weighted by atomic mass is 10.2. The van der Waals surface area contributed by atoms with Crippen LogP contribution < -0.4 is 15.8 Å². The molecule has 1 unspecified atom stereocenters. The molecule has 1 aromatic carbocycles. The summed E-state index contributed by atoms with van der Waals surface area (Å²) in [5.41, 5.74) is 5.40. The molecular formula is C12H17N3O4. The molecule has 1 amide bonds. The SMILES string of the molecule is CC(CN)CNC(=O)COc1ccc([N+](=O)[O-])cc1. The van der Waals surface area contributed by atoms with Crippen molar-refractivity contribution in [2.75, 3.05) is 19.7 Å². The smallest absolute Gasteiger partial charge is 0.269 e. The van der Waals surface area contributed by atoms with Crippen molar-refractivity contribution in [2.45, 2.75) is 6.92 Å². The Labute approximate surface area is 110 Å². The summed E-state index contributed by atoms with van der Waals surface area (Å²) in [6.45, 7) is 2.80. The van der Waals surface area contributed by atoms with E-state index in [1.807, 2.05) is 6.92 Å². The van der Waals surface area contributed by atoms with Crippen molar-refractivity contribution in [3.05, 3.63) is 34.4 Å². The standard InChI is InChI=1S/C12H17N3O4/c1-9(6-13)7-14-12(16)8-19-11-4-2-10(3-5-11)15(17)18/h2-5,9H,6-8,13H2,1H3,(H,14,16). The Morgan fingerprint density at radius 2 is 2.11 bits per heavy atom. The number of nitrogens with zero attached hydrogens (tertiary/aromatic N) is 1. The average Bonchev–Trinajstić information content (AvgIpc) is 2.42. The number of carbonyl (C=O) groups excluding carboxylic acids is 1. The Morgan fingerprint density at radius 1 is 1.47 bits per heavy atom. The van der Waals surface area contributed by atoms with Gasteiger partial charge in [-0.3, -0.25) is 14.9 Å². The molecule has 7 heteroatoms. The largest absolute Gasteiger partial charge is 0.484 e. The Hall–Kier alpha value is -2.15. The van der Waals surface area contributed by atoms with E-state index < -0.39 is 4.92 Å². The molecule has 0 aliphatic rings. The molecule has 1 atom stereocenters. The van der Waals surface area contributed by atoms with Gasteiger partial charge in [-0.05, 0) is 24.6 Å². The van der Waals surface area contributed by atoms with E-state index in [2.05, 4.69) is 5.32 Å². The fourth-order valence-corrected chi connectivity index (χ4v) is 1.24. The van der Waals surface area contributed by atoms with E-state index in [4.69, 9.17) is 10.5 Å². The van der Waals surface area contributed by atoms with Crippen molar-refractivity contribution >= 4 is 11.6 Å². The highest BCUT2D eigenvalue weighted by atomic mass is 16.6. The van der Waals surface area contributed by atoms with Crippen LogP contribution in [0.4, 0.5) is 5.69 Å². The summed E-state index contributed by atoms with van der Waals surface area (Å²) in [5, 5.41) is 13.1. The summed E-state index contributed by atoms with van der Waals surface area (Å²) < 4.78 is 5.20. The monoisotopic (exact) mass is 267 g/mol. The summed E-state index contributed by atoms with van der Waals surface area (Å²) in [6.07, 6.45) is 0. The minimum absolute atomic E-state index is 0.0198. The first-order valence-electron chi connectivity index (χ1n) is 5.87. The van der Waals surface area contributed by atoms with Gasteiger partial charge in [0, 0.05) is 18.7 Å². The van der Waals surface area contributed by atoms with Gasteiger partial charge in [0.05, 0.1) is 4.92 Å². The van der Waals surface area contributed by atoms with Gasteiger partial charge in [-0.15, -0.1) is 0 Å². The van der Waals surface area contributed by atoms with Gasteiger partial charge in [-0.1, -0.05) is 6.92 Å². The van der Waals surface area contributed by atoms with Crippen LogP contribution in [0.25, 0.3) is 0 Å². The van der Waals surface area contributed by atoms with Gasteiger partial charge in [0.15, 0.2) is 6.61 Å². The van der Waals surface area contributed by atoms with Crippen molar-refractivity contribution in [1.29, 1.82) is 0 Å². The number of amides is 1. The maximum atomic E-state index is 11.4. The first kappa shape index (κ1) is 14.9. The third-order valence-electron chi connectivity index (χ3n) is 2.47. The van der Waals surface area contributed by atoms with E-state index in [-0.39, 0.29) is 24.1 Å². The molecule has 0 aliphatic heterocycles. The van der Waals surface area contributed by atoms with Crippen LogP contribution in [0.2, 0.25) is 0 Å². The van der Waals surface area contributed by atoms with Gasteiger partial charge in [0.1, 0.15) is 5.75 Å². The van der Waals surface area contributed by atoms with E-state index in [0.717, 1.165) is 0 Å². The number of hydrogen-bond acceptors (Lipinski definition) is 5. The fourth-order valence-electron chi connectivity index (χ4n) is 1.24. The number of ether oxygens (including phenoxy) is 1. The highest BCUT2D eigenvalue weighted by molar-refractivity contribution is 5.77. The third kappa shape index (κ3) is 5.35. The molecule has 1 rings (SSSR count). The Bertz CT molecular complexity index is 433. The number of nitrogens with one attached hydrogen (secondary N) is 1. The topological polar surface area (TPSA) is 107 Å². The van der Waals surface area contributed by atoms with Gasteiger partial charge in [0.2, 0.25) is 0 Å². The summed E-state index contributed by atoms with van der Waals surface area (Å²) >= 11 is 0. The van der Waals surface area contributed by atoms with E-state index in [9.17, 15) is 14.9 Å². The molecule has 7 nitrogen and oxygen atoms in total. The summed E-state index contributed by atoms with van der Waals surface area (Å²) in [4.78, 5) is 21.4. The molecule has 1 aromatic rings. The zero-order chi connectivity index (χ0) is 14.3. The minimum atomic E-state index is -0.495. The van der Waals surface area contributed by atoms with Gasteiger partial charge < -0.3 is 15.8 Å². The molecule has 0 heterocycles. The van der Waals surface area contributed by atoms with Crippen LogP contribution in [-0.2, 0) is 4.79 Å². The van der Waals surface area contributed by atoms with Crippen molar-refractivity contribution in [3.63, 3.8) is 0 Å². The number of benzene rings is 1. The predicted molar refractivity (Wildman–Crippen MR) is 69.8 cm³/mol. The molecule has 0 saturated carbocycles. The quantitative estimate of drug-likeness (QED) is 0.558. The van der Waals surface area contributed by atoms with Crippen molar-refractivity contribution in [3.8, 4) is 5.75 Å². The van der Waals surface area contributed by atoms with Gasteiger partial charge in [-0.2, -0.15) is 0 Å². The number of rotatable bonds is 7. The highest BCUT2D eigenvalue weighted by Crippen LogP contribution is 2.16. The van der Waals surface area contributed by atoms with Crippen LogP contribution in [-0.4, -0.2) is 30.5 Å². The van der Waals surface area contributed by atoms with Crippen LogP contribution in [0, 0.1) is 16.0 Å². The first-order chi connectivity index (χ1) is 9.02. The molecule has 19 heavy (non-hydrogen) atoms. The fraction of sp³-hybridized carbons (Fsp3) is 0.417. The highest BCUT2D eigenvalue weighted by Gasteiger charge is 2.07. The first-order valence-corrected chi connectivity index (χ1v) is 5.87. The second-order valence-electron chi connectivity index (χ2n) is 4.18. The van der Waals surface area contributed by atoms with Crippen LogP contribution >= 0.6 is 0 Å². The summed E-state index contributed by atoms with van der Waals surface area (Å²) in [5.74, 6) is 0.370. The maximum absolute atomic E-state index is 11.4. The Morgan fingerprint density at radius 3 is 2.63 bits per heavy atom. The molecule has 104 valence electrons. The summed E-state index contributed by atoms with van der Waals surface area (Å²) in [7, 11) is 0. The number of nitrogens with two attached hydrogens (primary N) is 1. The van der Waals surface area contributed by atoms with E-state index in [1.54, 1.807) is 0 Å². The molecule has 0 bridgehead atoms. The minimum Gasteiger partial charge on any atom is -0.484 e. The molecule has 0 aromatic heterocycles. The van der Waals surface area contributed by atoms with Crippen LogP contribution in [0.1, 0.15) is 6.92 Å². The molecule has 0 saturated heterocycles. The number of non-ortho nitro benzene ring substituents is 1. The van der Waals surface area contributed by atoms with E-state index >= 15 is 0 Å². The molecular weight excluding hydrogens is 250 g/mol.